The van der Waals surface area contributed by atoms with E-state index in [0.29, 0.717) is 5.41 Å². The van der Waals surface area contributed by atoms with Gasteiger partial charge >= 0.3 is 0 Å². The highest BCUT2D eigenvalue weighted by molar-refractivity contribution is 5.23. The molecule has 0 atom stereocenters. The lowest BCUT2D eigenvalue weighted by atomic mass is 9.80. The molecule has 6 nitrogen and oxygen atoms in total. The minimum atomic E-state index is 0.230. The largest absolute Gasteiger partial charge is 0.155 e. The fraction of sp³-hybridized carbons (Fsp3) is 0.630. The first-order chi connectivity index (χ1) is 15.6. The number of hydrogen-bond donors (Lipinski definition) is 0. The Morgan fingerprint density at radius 3 is 2.00 bits per heavy atom. The Balaban J connectivity index is 0.000000257. The van der Waals surface area contributed by atoms with Gasteiger partial charge in [0.1, 0.15) is 26.7 Å². The topological polar surface area (TPSA) is 43.4 Å². The summed E-state index contributed by atoms with van der Waals surface area (Å²) in [5.41, 5.74) is 2.09. The summed E-state index contributed by atoms with van der Waals surface area (Å²) in [6, 6.07) is 10.8. The van der Waals surface area contributed by atoms with E-state index in [9.17, 15) is 0 Å². The van der Waals surface area contributed by atoms with Crippen LogP contribution in [0.3, 0.4) is 0 Å². The number of aryl methyl sites for hydroxylation is 4. The standard InChI is InChI=1S/C17H26N3.C10H20N3/c1-4-12-19-14-15-20(18-19)13-8-11-17(2,3)16-9-6-5-7-10-16;1-10(2,3)6-5-7-13-9-8-12(4)11-13/h5-7,9-10,14-15H,4,8,11-13H2,1-3H3;8-9H,5-7H2,1-4H3/q2*+1. The van der Waals surface area contributed by atoms with Crippen LogP contribution < -0.4 is 9.36 Å². The first kappa shape index (κ1) is 26.7. The molecule has 6 heteroatoms. The van der Waals surface area contributed by atoms with E-state index in [1.54, 1.807) is 0 Å². The predicted octanol–water partition coefficient (Wildman–Crippen LogP) is 4.87. The van der Waals surface area contributed by atoms with Crippen molar-refractivity contribution < 1.29 is 9.36 Å². The molecular weight excluding hydrogens is 408 g/mol. The predicted molar refractivity (Wildman–Crippen MR) is 134 cm³/mol. The summed E-state index contributed by atoms with van der Waals surface area (Å²) in [7, 11) is 1.94. The van der Waals surface area contributed by atoms with Gasteiger partial charge in [-0.25, -0.2) is 0 Å². The number of nitrogens with zero attached hydrogens (tertiary/aromatic N) is 6. The molecule has 0 fully saturated rings. The molecule has 0 saturated carbocycles. The third-order valence-electron chi connectivity index (χ3n) is 5.86. The summed E-state index contributed by atoms with van der Waals surface area (Å²) >= 11 is 0. The number of aromatic nitrogens is 6. The molecule has 0 aliphatic rings. The van der Waals surface area contributed by atoms with Crippen molar-refractivity contribution in [3.63, 3.8) is 0 Å². The Hall–Kier alpha value is -2.50. The van der Waals surface area contributed by atoms with Crippen LogP contribution in [0.15, 0.2) is 55.1 Å². The van der Waals surface area contributed by atoms with Crippen LogP contribution in [0.25, 0.3) is 0 Å². The Labute approximate surface area is 201 Å². The zero-order chi connectivity index (χ0) is 24.3. The summed E-state index contributed by atoms with van der Waals surface area (Å²) in [5.74, 6) is 0. The highest BCUT2D eigenvalue weighted by Crippen LogP contribution is 2.28. The number of benzene rings is 1. The molecule has 0 N–H and O–H groups in total. The van der Waals surface area contributed by atoms with Crippen molar-refractivity contribution in [2.45, 2.75) is 98.7 Å². The molecule has 182 valence electrons. The maximum atomic E-state index is 4.53. The van der Waals surface area contributed by atoms with Gasteiger partial charge < -0.3 is 0 Å². The SMILES string of the molecule is CCC[n+]1ccn(CCCC(C)(C)c2ccccc2)n1.C[n+]1ccn(CCCC(C)(C)C)n1. The van der Waals surface area contributed by atoms with Gasteiger partial charge in [0, 0.05) is 0 Å². The van der Waals surface area contributed by atoms with Crippen LogP contribution in [-0.4, -0.2) is 19.8 Å². The fourth-order valence-electron chi connectivity index (χ4n) is 3.85. The summed E-state index contributed by atoms with van der Waals surface area (Å²) in [5, 5.41) is 8.79. The first-order valence-electron chi connectivity index (χ1n) is 12.5. The molecule has 2 heterocycles. The van der Waals surface area contributed by atoms with Crippen molar-refractivity contribution in [3.8, 4) is 0 Å². The Kier molecular flexibility index (Phi) is 10.3. The average molecular weight is 455 g/mol. The molecule has 3 aromatic rings. The third-order valence-corrected chi connectivity index (χ3v) is 5.86. The van der Waals surface area contributed by atoms with Gasteiger partial charge in [0.2, 0.25) is 0 Å². The lowest BCUT2D eigenvalue weighted by Crippen LogP contribution is -2.35. The molecule has 0 aliphatic carbocycles. The third kappa shape index (κ3) is 10.3. The molecule has 1 aromatic carbocycles. The van der Waals surface area contributed by atoms with Gasteiger partial charge in [0.25, 0.3) is 0 Å². The normalized spacial score (nSPS) is 11.8. The lowest BCUT2D eigenvalue weighted by molar-refractivity contribution is -0.755. The van der Waals surface area contributed by atoms with Crippen LogP contribution in [-0.2, 0) is 32.1 Å². The second-order valence-electron chi connectivity index (χ2n) is 10.9. The van der Waals surface area contributed by atoms with Crippen molar-refractivity contribution in [3.05, 3.63) is 60.7 Å². The molecule has 0 unspecified atom stereocenters. The van der Waals surface area contributed by atoms with Gasteiger partial charge in [-0.05, 0) is 48.5 Å². The summed E-state index contributed by atoms with van der Waals surface area (Å²) in [6.07, 6.45) is 14.0. The van der Waals surface area contributed by atoms with Crippen molar-refractivity contribution in [2.24, 2.45) is 12.5 Å². The first-order valence-corrected chi connectivity index (χ1v) is 12.5. The van der Waals surface area contributed by atoms with E-state index in [2.05, 4.69) is 99.4 Å². The van der Waals surface area contributed by atoms with Crippen LogP contribution in [0.4, 0.5) is 0 Å². The number of rotatable bonds is 10. The van der Waals surface area contributed by atoms with Crippen LogP contribution in [0.2, 0.25) is 0 Å². The van der Waals surface area contributed by atoms with E-state index in [0.717, 1.165) is 32.5 Å². The van der Waals surface area contributed by atoms with E-state index in [1.807, 2.05) is 33.5 Å². The molecule has 0 aliphatic heterocycles. The van der Waals surface area contributed by atoms with Crippen LogP contribution in [0.1, 0.15) is 79.2 Å². The quantitative estimate of drug-likeness (QED) is 0.410. The Bertz CT molecular complexity index is 917. The molecule has 0 radical (unpaired) electrons. The second kappa shape index (κ2) is 12.7. The zero-order valence-electron chi connectivity index (χ0n) is 22.0. The molecule has 33 heavy (non-hydrogen) atoms. The molecule has 2 aromatic heterocycles. The molecule has 0 bridgehead atoms. The van der Waals surface area contributed by atoms with Crippen molar-refractivity contribution in [1.82, 2.24) is 19.8 Å². The van der Waals surface area contributed by atoms with Crippen molar-refractivity contribution in [2.75, 3.05) is 0 Å². The maximum absolute atomic E-state index is 4.53. The molecule has 0 saturated heterocycles. The monoisotopic (exact) mass is 454 g/mol. The molecular formula is C27H46N6+2. The van der Waals surface area contributed by atoms with Gasteiger partial charge in [-0.15, -0.1) is 18.7 Å². The number of hydrogen-bond acceptors (Lipinski definition) is 2. The maximum Gasteiger partial charge on any atom is 0.155 e. The van der Waals surface area contributed by atoms with E-state index in [-0.39, 0.29) is 5.41 Å². The van der Waals surface area contributed by atoms with E-state index >= 15 is 0 Å². The van der Waals surface area contributed by atoms with Crippen molar-refractivity contribution in [1.29, 1.82) is 0 Å². The molecule has 0 spiro atoms. The highest BCUT2D eigenvalue weighted by atomic mass is 15.5. The van der Waals surface area contributed by atoms with Gasteiger partial charge in [-0.3, -0.25) is 0 Å². The van der Waals surface area contributed by atoms with Crippen LogP contribution in [0, 0.1) is 5.41 Å². The Morgan fingerprint density at radius 1 is 0.818 bits per heavy atom. The lowest BCUT2D eigenvalue weighted by Gasteiger charge is -2.24. The zero-order valence-corrected chi connectivity index (χ0v) is 22.0. The summed E-state index contributed by atoms with van der Waals surface area (Å²) < 4.78 is 7.89. The summed E-state index contributed by atoms with van der Waals surface area (Å²) in [6.45, 7) is 16.7. The van der Waals surface area contributed by atoms with Crippen molar-refractivity contribution >= 4 is 0 Å². The van der Waals surface area contributed by atoms with Crippen LogP contribution in [0.5, 0.6) is 0 Å². The highest BCUT2D eigenvalue weighted by Gasteiger charge is 2.20. The molecule has 3 rings (SSSR count). The Morgan fingerprint density at radius 2 is 1.42 bits per heavy atom. The van der Waals surface area contributed by atoms with E-state index in [4.69, 9.17) is 0 Å². The fourth-order valence-corrected chi connectivity index (χ4v) is 3.85. The summed E-state index contributed by atoms with van der Waals surface area (Å²) in [4.78, 5) is 0. The van der Waals surface area contributed by atoms with Crippen LogP contribution >= 0.6 is 0 Å². The molecule has 0 amide bonds. The van der Waals surface area contributed by atoms with E-state index < -0.39 is 0 Å². The van der Waals surface area contributed by atoms with E-state index in [1.165, 1.54) is 24.8 Å². The second-order valence-corrected chi connectivity index (χ2v) is 10.9. The van der Waals surface area contributed by atoms with Gasteiger partial charge in [0.15, 0.2) is 24.8 Å². The minimum absolute atomic E-state index is 0.230. The van der Waals surface area contributed by atoms with Gasteiger partial charge in [-0.1, -0.05) is 71.9 Å². The van der Waals surface area contributed by atoms with Gasteiger partial charge in [0.05, 0.1) is 10.4 Å². The minimum Gasteiger partial charge on any atom is -0.141 e. The van der Waals surface area contributed by atoms with Gasteiger partial charge in [-0.2, -0.15) is 0 Å². The average Bonchev–Trinajstić information content (AvgIpc) is 3.37. The smallest absolute Gasteiger partial charge is 0.141 e.